The maximum atomic E-state index is 11.0. The lowest BCUT2D eigenvalue weighted by Gasteiger charge is -2.05. The van der Waals surface area contributed by atoms with Gasteiger partial charge in [0.25, 0.3) is 0 Å². The molecule has 0 unspecified atom stereocenters. The third-order valence-electron chi connectivity index (χ3n) is 3.65. The van der Waals surface area contributed by atoms with Crippen LogP contribution in [0, 0.1) is 14.1 Å². The van der Waals surface area contributed by atoms with Crippen LogP contribution in [0.5, 0.6) is 5.75 Å². The SMILES string of the molecule is COc1ccc(C(=O)O)cc1[I+]c1ccccc1.Cc1ccc(S(=O)(=O)[O-])cc1. The Morgan fingerprint density at radius 2 is 1.62 bits per heavy atom. The topological polar surface area (TPSA) is 104 Å². The van der Waals surface area contributed by atoms with Crippen LogP contribution in [-0.4, -0.2) is 31.2 Å². The molecule has 0 radical (unpaired) electrons. The molecular weight excluding hydrogens is 507 g/mol. The molecule has 0 atom stereocenters. The normalized spacial score (nSPS) is 10.6. The fraction of sp³-hybridized carbons (Fsp3) is 0.0952. The highest BCUT2D eigenvalue weighted by Crippen LogP contribution is 2.12. The van der Waals surface area contributed by atoms with Crippen molar-refractivity contribution in [3.8, 4) is 5.75 Å². The monoisotopic (exact) mass is 526 g/mol. The average molecular weight is 526 g/mol. The maximum absolute atomic E-state index is 11.0. The summed E-state index contributed by atoms with van der Waals surface area (Å²) in [4.78, 5) is 10.8. The summed E-state index contributed by atoms with van der Waals surface area (Å²) in [7, 11) is -2.66. The number of rotatable bonds is 5. The predicted octanol–water partition coefficient (Wildman–Crippen LogP) is 0.421. The van der Waals surface area contributed by atoms with Gasteiger partial charge < -0.3 is 14.4 Å². The lowest BCUT2D eigenvalue weighted by atomic mass is 10.2. The van der Waals surface area contributed by atoms with Gasteiger partial charge in [0.05, 0.1) is 17.6 Å². The molecule has 0 aromatic heterocycles. The molecule has 0 amide bonds. The van der Waals surface area contributed by atoms with Crippen LogP contribution >= 0.6 is 0 Å². The van der Waals surface area contributed by atoms with Crippen LogP contribution < -0.4 is 25.9 Å². The fourth-order valence-electron chi connectivity index (χ4n) is 2.17. The first-order valence-electron chi connectivity index (χ1n) is 8.34. The molecule has 0 heterocycles. The van der Waals surface area contributed by atoms with E-state index in [1.54, 1.807) is 37.4 Å². The molecule has 0 saturated heterocycles. The summed E-state index contributed by atoms with van der Waals surface area (Å²) in [6, 6.07) is 20.8. The summed E-state index contributed by atoms with van der Waals surface area (Å²) in [6.07, 6.45) is 0. The highest BCUT2D eigenvalue weighted by molar-refractivity contribution is 7.85. The minimum Gasteiger partial charge on any atom is -0.744 e. The van der Waals surface area contributed by atoms with Crippen molar-refractivity contribution in [3.05, 3.63) is 91.1 Å². The molecule has 29 heavy (non-hydrogen) atoms. The van der Waals surface area contributed by atoms with E-state index in [2.05, 4.69) is 12.1 Å². The first kappa shape index (κ1) is 22.9. The summed E-state index contributed by atoms with van der Waals surface area (Å²) < 4.78 is 38.7. The average Bonchev–Trinajstić information content (AvgIpc) is 2.69. The smallest absolute Gasteiger partial charge is 0.362 e. The van der Waals surface area contributed by atoms with Gasteiger partial charge in [-0.25, -0.2) is 13.2 Å². The molecule has 8 heteroatoms. The van der Waals surface area contributed by atoms with Crippen molar-refractivity contribution in [2.45, 2.75) is 11.8 Å². The zero-order valence-corrected chi connectivity index (χ0v) is 18.7. The van der Waals surface area contributed by atoms with Crippen LogP contribution in [0.1, 0.15) is 15.9 Å². The van der Waals surface area contributed by atoms with Crippen molar-refractivity contribution in [1.29, 1.82) is 0 Å². The van der Waals surface area contributed by atoms with Crippen LogP contribution in [0.25, 0.3) is 0 Å². The van der Waals surface area contributed by atoms with Gasteiger partial charge in [-0.05, 0) is 43.3 Å². The van der Waals surface area contributed by atoms with Crippen molar-refractivity contribution in [1.82, 2.24) is 0 Å². The summed E-state index contributed by atoms with van der Waals surface area (Å²) in [5.74, 6) is -0.146. The van der Waals surface area contributed by atoms with Crippen LogP contribution in [0.4, 0.5) is 0 Å². The molecule has 1 N–H and O–H groups in total. The first-order chi connectivity index (χ1) is 13.7. The summed E-state index contributed by atoms with van der Waals surface area (Å²) in [5, 5.41) is 9.01. The second-order valence-corrected chi connectivity index (χ2v) is 10.1. The predicted molar refractivity (Wildman–Crippen MR) is 103 cm³/mol. The largest absolute Gasteiger partial charge is 0.744 e. The van der Waals surface area contributed by atoms with E-state index < -0.39 is 37.3 Å². The van der Waals surface area contributed by atoms with Gasteiger partial charge in [-0.3, -0.25) is 0 Å². The number of hydrogen-bond acceptors (Lipinski definition) is 5. The van der Waals surface area contributed by atoms with Crippen LogP contribution in [-0.2, 0) is 10.1 Å². The maximum Gasteiger partial charge on any atom is 0.362 e. The highest BCUT2D eigenvalue weighted by Gasteiger charge is 2.22. The Hall–Kier alpha value is -2.43. The Kier molecular flexibility index (Phi) is 8.18. The van der Waals surface area contributed by atoms with Crippen LogP contribution in [0.2, 0.25) is 0 Å². The van der Waals surface area contributed by atoms with E-state index >= 15 is 0 Å². The molecule has 0 bridgehead atoms. The molecule has 0 saturated carbocycles. The molecular formula is C21H19IO6S. The van der Waals surface area contributed by atoms with Gasteiger partial charge in [0.1, 0.15) is 10.1 Å². The van der Waals surface area contributed by atoms with E-state index in [-0.39, 0.29) is 4.90 Å². The number of aryl methyl sites for hydroxylation is 1. The minimum absolute atomic E-state index is 0.178. The number of methoxy groups -OCH3 is 1. The molecule has 0 aliphatic rings. The second kappa shape index (κ2) is 10.4. The Labute approximate surface area is 180 Å². The molecule has 152 valence electrons. The molecule has 3 rings (SSSR count). The summed E-state index contributed by atoms with van der Waals surface area (Å²) in [5.41, 5.74) is 1.24. The summed E-state index contributed by atoms with van der Waals surface area (Å²) >= 11 is -0.430. The van der Waals surface area contributed by atoms with Gasteiger partial charge in [-0.2, -0.15) is 0 Å². The fourth-order valence-corrected chi connectivity index (χ4v) is 5.25. The number of aromatic carboxylic acids is 1. The zero-order valence-electron chi connectivity index (χ0n) is 15.7. The third-order valence-corrected chi connectivity index (χ3v) is 7.27. The Morgan fingerprint density at radius 3 is 2.14 bits per heavy atom. The zero-order chi connectivity index (χ0) is 21.4. The lowest BCUT2D eigenvalue weighted by molar-refractivity contribution is -0.598. The standard InChI is InChI=1S/C14H11IO3.C7H8O3S/c1-18-13-8-7-10(14(16)17)9-12(13)15-11-5-3-2-4-6-11;1-6-2-4-7(5-3-6)11(8,9)10/h2-9H,1H3;2-5H,1H3,(H,8,9,10). The molecule has 6 nitrogen and oxygen atoms in total. The van der Waals surface area contributed by atoms with E-state index in [9.17, 15) is 17.8 Å². The minimum atomic E-state index is -4.27. The molecule has 3 aromatic rings. The Balaban J connectivity index is 0.000000234. The van der Waals surface area contributed by atoms with E-state index in [1.807, 2.05) is 25.1 Å². The molecule has 0 spiro atoms. The van der Waals surface area contributed by atoms with Crippen molar-refractivity contribution < 1.29 is 48.8 Å². The summed E-state index contributed by atoms with van der Waals surface area (Å²) in [6.45, 7) is 1.82. The van der Waals surface area contributed by atoms with Gasteiger partial charge in [-0.1, -0.05) is 35.9 Å². The number of halogens is 1. The number of carboxylic acid groups (broad SMARTS) is 1. The van der Waals surface area contributed by atoms with Crippen LogP contribution in [0.15, 0.2) is 77.7 Å². The highest BCUT2D eigenvalue weighted by atomic mass is 127. The first-order valence-corrected chi connectivity index (χ1v) is 11.9. The van der Waals surface area contributed by atoms with Gasteiger partial charge in [0, 0.05) is 6.07 Å². The Morgan fingerprint density at radius 1 is 1.00 bits per heavy atom. The molecule has 0 aliphatic carbocycles. The van der Waals surface area contributed by atoms with E-state index in [0.717, 1.165) is 14.9 Å². The second-order valence-electron chi connectivity index (χ2n) is 5.81. The van der Waals surface area contributed by atoms with Crippen molar-refractivity contribution in [2.24, 2.45) is 0 Å². The van der Waals surface area contributed by atoms with Gasteiger partial charge in [-0.15, -0.1) is 0 Å². The van der Waals surface area contributed by atoms with Crippen molar-refractivity contribution >= 4 is 16.1 Å². The molecule has 0 fully saturated rings. The van der Waals surface area contributed by atoms with Crippen molar-refractivity contribution in [2.75, 3.05) is 7.11 Å². The quantitative estimate of drug-likeness (QED) is 0.382. The van der Waals surface area contributed by atoms with E-state index in [4.69, 9.17) is 9.84 Å². The van der Waals surface area contributed by atoms with E-state index in [0.29, 0.717) is 5.56 Å². The van der Waals surface area contributed by atoms with Gasteiger partial charge >= 0.3 is 27.2 Å². The Bertz CT molecular complexity index is 1060. The number of benzene rings is 3. The lowest BCUT2D eigenvalue weighted by Crippen LogP contribution is -3.61. The van der Waals surface area contributed by atoms with Crippen molar-refractivity contribution in [3.63, 3.8) is 0 Å². The van der Waals surface area contributed by atoms with Gasteiger partial charge in [0.2, 0.25) is 3.57 Å². The van der Waals surface area contributed by atoms with Gasteiger partial charge in [0.15, 0.2) is 9.32 Å². The van der Waals surface area contributed by atoms with E-state index in [1.165, 1.54) is 15.7 Å². The third kappa shape index (κ3) is 7.15. The number of carbonyl (C=O) groups is 1. The molecule has 0 aliphatic heterocycles. The number of carboxylic acids is 1. The number of hydrogen-bond donors (Lipinski definition) is 1. The number of ether oxygens (including phenoxy) is 1. The molecule has 3 aromatic carbocycles. The van der Waals surface area contributed by atoms with Crippen LogP contribution in [0.3, 0.4) is 0 Å².